The monoisotopic (exact) mass is 441 g/mol. The van der Waals surface area contributed by atoms with Gasteiger partial charge in [-0.3, -0.25) is 4.79 Å². The summed E-state index contributed by atoms with van der Waals surface area (Å²) in [6.45, 7) is 0. The SMILES string of the molecule is COc1ccc(NC(=O)C2C=CC=CC2c2cnc3[nH]cc(-c4ccoc4)c3c2)c(OC)c1. The summed E-state index contributed by atoms with van der Waals surface area (Å²) in [4.78, 5) is 21.1. The summed E-state index contributed by atoms with van der Waals surface area (Å²) in [5, 5.41) is 3.98. The summed E-state index contributed by atoms with van der Waals surface area (Å²) in [6, 6.07) is 9.30. The van der Waals surface area contributed by atoms with Crippen LogP contribution in [0.2, 0.25) is 0 Å². The molecule has 0 aliphatic heterocycles. The van der Waals surface area contributed by atoms with Crippen molar-refractivity contribution in [2.24, 2.45) is 5.92 Å². The van der Waals surface area contributed by atoms with Crippen LogP contribution in [0.15, 0.2) is 84.0 Å². The van der Waals surface area contributed by atoms with E-state index in [1.54, 1.807) is 44.9 Å². The van der Waals surface area contributed by atoms with Crippen LogP contribution >= 0.6 is 0 Å². The van der Waals surface area contributed by atoms with Gasteiger partial charge in [0.2, 0.25) is 5.91 Å². The Morgan fingerprint density at radius 2 is 2.00 bits per heavy atom. The predicted molar refractivity (Wildman–Crippen MR) is 126 cm³/mol. The number of anilines is 1. The second-order valence-electron chi connectivity index (χ2n) is 7.76. The zero-order chi connectivity index (χ0) is 22.8. The van der Waals surface area contributed by atoms with E-state index in [1.165, 1.54) is 0 Å². The summed E-state index contributed by atoms with van der Waals surface area (Å²) >= 11 is 0. The largest absolute Gasteiger partial charge is 0.497 e. The number of ether oxygens (including phenoxy) is 2. The van der Waals surface area contributed by atoms with E-state index in [0.29, 0.717) is 17.2 Å². The Hall–Kier alpha value is -4.26. The molecule has 3 heterocycles. The van der Waals surface area contributed by atoms with Crippen LogP contribution in [-0.4, -0.2) is 30.1 Å². The van der Waals surface area contributed by atoms with Crippen LogP contribution in [-0.2, 0) is 4.79 Å². The highest BCUT2D eigenvalue weighted by molar-refractivity contribution is 5.97. The van der Waals surface area contributed by atoms with Crippen molar-refractivity contribution in [3.63, 3.8) is 0 Å². The smallest absolute Gasteiger partial charge is 0.232 e. The zero-order valence-electron chi connectivity index (χ0n) is 18.2. The molecule has 4 aromatic rings. The number of pyridine rings is 1. The van der Waals surface area contributed by atoms with E-state index in [4.69, 9.17) is 13.9 Å². The highest BCUT2D eigenvalue weighted by atomic mass is 16.5. The molecule has 0 spiro atoms. The summed E-state index contributed by atoms with van der Waals surface area (Å²) in [7, 11) is 3.15. The Kier molecular flexibility index (Phi) is 5.44. The summed E-state index contributed by atoms with van der Waals surface area (Å²) < 4.78 is 15.9. The summed E-state index contributed by atoms with van der Waals surface area (Å²) in [5.41, 5.74) is 4.31. The van der Waals surface area contributed by atoms with Crippen molar-refractivity contribution >= 4 is 22.6 Å². The number of aromatic amines is 1. The highest BCUT2D eigenvalue weighted by Crippen LogP contribution is 2.36. The van der Waals surface area contributed by atoms with Gasteiger partial charge >= 0.3 is 0 Å². The first kappa shape index (κ1) is 20.6. The number of nitrogens with one attached hydrogen (secondary N) is 2. The summed E-state index contributed by atoms with van der Waals surface area (Å²) in [5.74, 6) is 0.492. The van der Waals surface area contributed by atoms with Crippen molar-refractivity contribution in [3.8, 4) is 22.6 Å². The molecule has 0 bridgehead atoms. The minimum Gasteiger partial charge on any atom is -0.497 e. The highest BCUT2D eigenvalue weighted by Gasteiger charge is 2.28. The number of H-pyrrole nitrogens is 1. The number of furan rings is 1. The lowest BCUT2D eigenvalue weighted by Gasteiger charge is -2.24. The maximum Gasteiger partial charge on any atom is 0.232 e. The molecule has 2 atom stereocenters. The number of benzene rings is 1. The van der Waals surface area contributed by atoms with Gasteiger partial charge in [0.25, 0.3) is 0 Å². The molecule has 2 N–H and O–H groups in total. The number of rotatable bonds is 6. The Morgan fingerprint density at radius 3 is 2.79 bits per heavy atom. The molecule has 1 aromatic carbocycles. The van der Waals surface area contributed by atoms with E-state index in [2.05, 4.69) is 21.4 Å². The number of aromatic nitrogens is 2. The second-order valence-corrected chi connectivity index (χ2v) is 7.76. The van der Waals surface area contributed by atoms with Gasteiger partial charge in [0.05, 0.1) is 38.4 Å². The first-order chi connectivity index (χ1) is 16.2. The molecule has 7 heteroatoms. The molecular formula is C26H23N3O4. The lowest BCUT2D eigenvalue weighted by molar-refractivity contribution is -0.118. The van der Waals surface area contributed by atoms with Gasteiger partial charge in [0, 0.05) is 40.9 Å². The number of methoxy groups -OCH3 is 2. The van der Waals surface area contributed by atoms with Crippen LogP contribution in [0.1, 0.15) is 11.5 Å². The maximum absolute atomic E-state index is 13.3. The average Bonchev–Trinajstić information content (AvgIpc) is 3.53. The van der Waals surface area contributed by atoms with E-state index in [1.807, 2.05) is 42.8 Å². The molecule has 3 aromatic heterocycles. The molecule has 5 rings (SSSR count). The molecule has 166 valence electrons. The molecule has 7 nitrogen and oxygen atoms in total. The molecule has 0 saturated heterocycles. The molecule has 1 aliphatic rings. The van der Waals surface area contributed by atoms with E-state index in [9.17, 15) is 4.79 Å². The number of allylic oxidation sites excluding steroid dienone is 3. The summed E-state index contributed by atoms with van der Waals surface area (Å²) in [6.07, 6.45) is 14.9. The van der Waals surface area contributed by atoms with E-state index in [-0.39, 0.29) is 11.8 Å². The van der Waals surface area contributed by atoms with Crippen LogP contribution in [0.3, 0.4) is 0 Å². The molecular weight excluding hydrogens is 418 g/mol. The van der Waals surface area contributed by atoms with E-state index in [0.717, 1.165) is 27.7 Å². The van der Waals surface area contributed by atoms with Gasteiger partial charge in [-0.25, -0.2) is 4.98 Å². The third-order valence-corrected chi connectivity index (χ3v) is 5.87. The van der Waals surface area contributed by atoms with Crippen LogP contribution < -0.4 is 14.8 Å². The van der Waals surface area contributed by atoms with Gasteiger partial charge in [-0.05, 0) is 29.8 Å². The first-order valence-electron chi connectivity index (χ1n) is 10.6. The second kappa shape index (κ2) is 8.70. The minimum atomic E-state index is -0.405. The fraction of sp³-hybridized carbons (Fsp3) is 0.154. The van der Waals surface area contributed by atoms with Crippen molar-refractivity contribution in [2.45, 2.75) is 5.92 Å². The Bertz CT molecular complexity index is 1350. The number of hydrogen-bond donors (Lipinski definition) is 2. The number of carbonyl (C=O) groups is 1. The van der Waals surface area contributed by atoms with Crippen molar-refractivity contribution in [1.82, 2.24) is 9.97 Å². The Labute approximate surface area is 190 Å². The lowest BCUT2D eigenvalue weighted by atomic mass is 9.82. The van der Waals surface area contributed by atoms with Crippen molar-refractivity contribution in [3.05, 3.63) is 85.1 Å². The Morgan fingerprint density at radius 1 is 1.12 bits per heavy atom. The standard InChI is InChI=1S/C26H23N3O4/c1-31-18-7-8-23(24(12-18)32-2)29-26(30)20-6-4-3-5-19(20)17-11-21-22(16-9-10-33-15-16)14-28-25(21)27-13-17/h3-15,19-20H,1-2H3,(H,27,28)(H,29,30). The average molecular weight is 441 g/mol. The minimum absolute atomic E-state index is 0.131. The quantitative estimate of drug-likeness (QED) is 0.424. The number of fused-ring (bicyclic) bond motifs is 1. The van der Waals surface area contributed by atoms with Gasteiger partial charge in [-0.1, -0.05) is 24.3 Å². The molecule has 0 radical (unpaired) electrons. The molecule has 0 fully saturated rings. The van der Waals surface area contributed by atoms with Crippen molar-refractivity contribution in [2.75, 3.05) is 19.5 Å². The third kappa shape index (κ3) is 3.89. The van der Waals surface area contributed by atoms with E-state index < -0.39 is 5.92 Å². The number of carbonyl (C=O) groups excluding carboxylic acids is 1. The van der Waals surface area contributed by atoms with Gasteiger partial charge in [-0.15, -0.1) is 0 Å². The normalized spacial score (nSPS) is 17.3. The molecule has 2 unspecified atom stereocenters. The fourth-order valence-corrected chi connectivity index (χ4v) is 4.15. The van der Waals surface area contributed by atoms with Gasteiger partial charge < -0.3 is 24.2 Å². The predicted octanol–water partition coefficient (Wildman–Crippen LogP) is 5.30. The van der Waals surface area contributed by atoms with Crippen molar-refractivity contribution < 1.29 is 18.7 Å². The van der Waals surface area contributed by atoms with Gasteiger partial charge in [-0.2, -0.15) is 0 Å². The van der Waals surface area contributed by atoms with Gasteiger partial charge in [0.1, 0.15) is 17.1 Å². The number of hydrogen-bond acceptors (Lipinski definition) is 5. The fourth-order valence-electron chi connectivity index (χ4n) is 4.15. The zero-order valence-corrected chi connectivity index (χ0v) is 18.2. The first-order valence-corrected chi connectivity index (χ1v) is 10.6. The number of nitrogens with zero attached hydrogens (tertiary/aromatic N) is 1. The topological polar surface area (TPSA) is 89.4 Å². The Balaban J connectivity index is 1.45. The van der Waals surface area contributed by atoms with Crippen molar-refractivity contribution in [1.29, 1.82) is 0 Å². The maximum atomic E-state index is 13.3. The van der Waals surface area contributed by atoms with E-state index >= 15 is 0 Å². The molecule has 1 amide bonds. The third-order valence-electron chi connectivity index (χ3n) is 5.87. The van der Waals surface area contributed by atoms with Crippen LogP contribution in [0.5, 0.6) is 11.5 Å². The number of amides is 1. The lowest BCUT2D eigenvalue weighted by Crippen LogP contribution is -2.27. The van der Waals surface area contributed by atoms with Crippen LogP contribution in [0.4, 0.5) is 5.69 Å². The molecule has 1 aliphatic carbocycles. The molecule has 33 heavy (non-hydrogen) atoms. The van der Waals surface area contributed by atoms with Crippen LogP contribution in [0.25, 0.3) is 22.2 Å². The van der Waals surface area contributed by atoms with Crippen LogP contribution in [0, 0.1) is 5.92 Å². The molecule has 0 saturated carbocycles. The van der Waals surface area contributed by atoms with Gasteiger partial charge in [0.15, 0.2) is 0 Å².